The number of ether oxygens (including phenoxy) is 2. The van der Waals surface area contributed by atoms with Crippen molar-refractivity contribution in [2.24, 2.45) is 0 Å². The summed E-state index contributed by atoms with van der Waals surface area (Å²) in [6.45, 7) is 3.83. The number of halogens is 2. The van der Waals surface area contributed by atoms with E-state index in [2.05, 4.69) is 10.1 Å². The molecule has 2 aromatic rings. The Hall–Kier alpha value is -2.48. The van der Waals surface area contributed by atoms with E-state index >= 15 is 0 Å². The molecular weight excluding hydrogens is 534 g/mol. The number of carbonyl (C=O) groups excluding carboxylic acids is 1. The van der Waals surface area contributed by atoms with Gasteiger partial charge in [-0.15, -0.1) is 11.6 Å². The number of rotatable bonds is 10. The van der Waals surface area contributed by atoms with Gasteiger partial charge in [-0.3, -0.25) is 23.7 Å². The minimum Gasteiger partial charge on any atom is -0.465 e. The molecule has 12 nitrogen and oxygen atoms in total. The Balaban J connectivity index is 1.86. The van der Waals surface area contributed by atoms with Crippen LogP contribution >= 0.6 is 19.3 Å². The Morgan fingerprint density at radius 1 is 1.41 bits per heavy atom. The largest absolute Gasteiger partial charge is 0.465 e. The molecule has 2 heterocycles. The lowest BCUT2D eigenvalue weighted by atomic mass is 9.79. The van der Waals surface area contributed by atoms with E-state index < -0.39 is 66.1 Å². The van der Waals surface area contributed by atoms with Crippen molar-refractivity contribution in [1.29, 1.82) is 0 Å². The fourth-order valence-electron chi connectivity index (χ4n) is 3.58. The number of hydrogen-bond acceptors (Lipinski definition) is 9. The van der Waals surface area contributed by atoms with E-state index in [1.165, 1.54) is 33.8 Å². The quantitative estimate of drug-likeness (QED) is 0.163. The molecule has 37 heavy (non-hydrogen) atoms. The molecule has 1 saturated heterocycles. The molecule has 0 saturated carbocycles. The zero-order valence-electron chi connectivity index (χ0n) is 20.5. The molecule has 5 atom stereocenters. The van der Waals surface area contributed by atoms with E-state index in [-0.39, 0.29) is 12.4 Å². The number of hydrogen-bond donors (Lipinski definition) is 3. The molecule has 3 N–H and O–H groups in total. The van der Waals surface area contributed by atoms with Gasteiger partial charge in [0, 0.05) is 18.3 Å². The summed E-state index contributed by atoms with van der Waals surface area (Å²) < 4.78 is 48.6. The van der Waals surface area contributed by atoms with Crippen molar-refractivity contribution in [3.63, 3.8) is 0 Å². The maximum atomic E-state index is 13.7. The first-order valence-electron chi connectivity index (χ1n) is 11.2. The fourth-order valence-corrected chi connectivity index (χ4v) is 5.55. The molecule has 1 aliphatic rings. The van der Waals surface area contributed by atoms with Gasteiger partial charge >= 0.3 is 19.4 Å². The number of aromatic amines is 1. The topological polar surface area (TPSA) is 158 Å². The van der Waals surface area contributed by atoms with Crippen molar-refractivity contribution in [3.05, 3.63) is 63.2 Å². The minimum atomic E-state index is -4.46. The Morgan fingerprint density at radius 2 is 2.11 bits per heavy atom. The zero-order chi connectivity index (χ0) is 27.6. The molecule has 0 radical (unpaired) electrons. The molecule has 16 heteroatoms. The predicted molar refractivity (Wildman–Crippen MR) is 133 cm³/mol. The van der Waals surface area contributed by atoms with Crippen LogP contribution in [0, 0.1) is 5.82 Å². The van der Waals surface area contributed by atoms with Crippen LogP contribution in [-0.4, -0.2) is 64.2 Å². The molecule has 0 amide bonds. The van der Waals surface area contributed by atoms with Gasteiger partial charge in [0.05, 0.1) is 24.1 Å². The van der Waals surface area contributed by atoms with Gasteiger partial charge in [0.15, 0.2) is 6.23 Å². The second kappa shape index (κ2) is 11.1. The van der Waals surface area contributed by atoms with Crippen molar-refractivity contribution in [1.82, 2.24) is 14.6 Å². The van der Waals surface area contributed by atoms with Gasteiger partial charge in [-0.05, 0) is 32.9 Å². The first-order chi connectivity index (χ1) is 17.2. The van der Waals surface area contributed by atoms with Crippen molar-refractivity contribution in [2.75, 3.05) is 13.2 Å². The summed E-state index contributed by atoms with van der Waals surface area (Å²) >= 11 is 6.50. The number of aromatic nitrogens is 2. The molecule has 0 aliphatic carbocycles. The van der Waals surface area contributed by atoms with Crippen LogP contribution in [0.1, 0.15) is 27.0 Å². The Bertz CT molecular complexity index is 1300. The van der Waals surface area contributed by atoms with Gasteiger partial charge < -0.3 is 19.1 Å². The van der Waals surface area contributed by atoms with Crippen LogP contribution in [0.25, 0.3) is 0 Å². The Morgan fingerprint density at radius 3 is 2.73 bits per heavy atom. The van der Waals surface area contributed by atoms with Crippen molar-refractivity contribution in [3.8, 4) is 5.75 Å². The number of nitrogens with one attached hydrogen (secondary N) is 2. The maximum Gasteiger partial charge on any atom is 0.459 e. The normalized spacial score (nSPS) is 25.4. The number of aliphatic hydroxyl groups excluding tert-OH is 1. The summed E-state index contributed by atoms with van der Waals surface area (Å²) in [5.41, 5.74) is -3.03. The van der Waals surface area contributed by atoms with Crippen molar-refractivity contribution in [2.45, 2.75) is 49.5 Å². The monoisotopic (exact) mass is 561 g/mol. The molecule has 202 valence electrons. The maximum absolute atomic E-state index is 13.7. The Kier molecular flexibility index (Phi) is 8.73. The van der Waals surface area contributed by atoms with E-state index in [0.717, 1.165) is 29.0 Å². The highest BCUT2D eigenvalue weighted by Gasteiger charge is 2.54. The minimum absolute atomic E-state index is 0.0573. The summed E-state index contributed by atoms with van der Waals surface area (Å²) in [5.74, 6) is -1.59. The summed E-state index contributed by atoms with van der Waals surface area (Å²) in [7, 11) is -3.05. The van der Waals surface area contributed by atoms with Crippen LogP contribution in [0.3, 0.4) is 0 Å². The van der Waals surface area contributed by atoms with Crippen molar-refractivity contribution < 1.29 is 37.4 Å². The molecule has 1 fully saturated rings. The standard InChI is InChI=1S/C21H27BClFN3O9P/c1-4-33-18(30)20(2,3)26-37(32,36-13-7-5-6-12(24)10-13)34-11-14-16(29)21(22,23)17(35-14)27-9-8-15(28)25-19(27)31/h5-10,14,16-17,29H,4,11,22H2,1-3H3,(H,26,32)(H,25,28,31)/t14-,16-,17-,21+,37?/m1/s1. The van der Waals surface area contributed by atoms with Gasteiger partial charge in [-0.2, -0.15) is 5.09 Å². The van der Waals surface area contributed by atoms with Gasteiger partial charge in [0.2, 0.25) is 0 Å². The summed E-state index contributed by atoms with van der Waals surface area (Å²) in [5, 5.41) is 13.3. The van der Waals surface area contributed by atoms with Gasteiger partial charge in [-0.1, -0.05) is 6.07 Å². The average Bonchev–Trinajstić information content (AvgIpc) is 3.01. The van der Waals surface area contributed by atoms with Gasteiger partial charge in [-0.25, -0.2) is 13.8 Å². The number of benzene rings is 1. The molecular formula is C21H27BClFN3O9P. The van der Waals surface area contributed by atoms with Crippen LogP contribution in [0.2, 0.25) is 0 Å². The van der Waals surface area contributed by atoms with Crippen LogP contribution < -0.4 is 20.9 Å². The number of carbonyl (C=O) groups is 1. The zero-order valence-corrected chi connectivity index (χ0v) is 22.1. The third-order valence-electron chi connectivity index (χ3n) is 5.45. The summed E-state index contributed by atoms with van der Waals surface area (Å²) in [6.07, 6.45) is -2.76. The number of nitrogens with zero attached hydrogens (tertiary/aromatic N) is 1. The van der Waals surface area contributed by atoms with Crippen LogP contribution in [0.4, 0.5) is 4.39 Å². The molecule has 0 bridgehead atoms. The van der Waals surface area contributed by atoms with E-state index in [1.54, 1.807) is 6.92 Å². The highest BCUT2D eigenvalue weighted by atomic mass is 35.5. The molecule has 3 rings (SSSR count). The predicted octanol–water partition coefficient (Wildman–Crippen LogP) is 0.637. The third kappa shape index (κ3) is 6.70. The van der Waals surface area contributed by atoms with E-state index in [0.29, 0.717) is 0 Å². The third-order valence-corrected chi connectivity index (χ3v) is 7.64. The first-order valence-corrected chi connectivity index (χ1v) is 13.1. The van der Waals surface area contributed by atoms with E-state index in [4.69, 9.17) is 30.1 Å². The van der Waals surface area contributed by atoms with Crippen molar-refractivity contribution >= 4 is 33.2 Å². The second-order valence-electron chi connectivity index (χ2n) is 8.94. The SMILES string of the molecule is B[C@]1(Cl)[C@H](O)[C@@H](COP(=O)(NC(C)(C)C(=O)OCC)Oc2cccc(F)c2)O[C@H]1n1ccc(=O)[nH]c1=O. The highest BCUT2D eigenvalue weighted by Crippen LogP contribution is 2.48. The van der Waals surface area contributed by atoms with Crippen LogP contribution in [0.15, 0.2) is 46.1 Å². The number of H-pyrrole nitrogens is 1. The molecule has 1 aromatic heterocycles. The lowest BCUT2D eigenvalue weighted by Gasteiger charge is -2.30. The van der Waals surface area contributed by atoms with Gasteiger partial charge in [0.25, 0.3) is 5.56 Å². The summed E-state index contributed by atoms with van der Waals surface area (Å²) in [6, 6.07) is 5.84. The number of esters is 1. The second-order valence-corrected chi connectivity index (χ2v) is 11.4. The average molecular weight is 562 g/mol. The highest BCUT2D eigenvalue weighted by molar-refractivity contribution is 7.52. The van der Waals surface area contributed by atoms with Crippen LogP contribution in [0.5, 0.6) is 5.75 Å². The van der Waals surface area contributed by atoms with Crippen LogP contribution in [-0.2, 0) is 23.4 Å². The lowest BCUT2D eigenvalue weighted by molar-refractivity contribution is -0.149. The molecule has 1 aromatic carbocycles. The van der Waals surface area contributed by atoms with E-state index in [1.807, 2.05) is 0 Å². The fraction of sp³-hybridized carbons (Fsp3) is 0.476. The molecule has 0 spiro atoms. The summed E-state index contributed by atoms with van der Waals surface area (Å²) in [4.78, 5) is 38.1. The van der Waals surface area contributed by atoms with E-state index in [9.17, 15) is 28.4 Å². The lowest BCUT2D eigenvalue weighted by Crippen LogP contribution is -2.47. The smallest absolute Gasteiger partial charge is 0.459 e. The molecule has 1 aliphatic heterocycles. The first kappa shape index (κ1) is 29.1. The molecule has 1 unspecified atom stereocenters. The Labute approximate surface area is 217 Å². The number of aliphatic hydroxyl groups is 1. The number of alkyl halides is 1. The van der Waals surface area contributed by atoms with Gasteiger partial charge in [0.1, 0.15) is 31.1 Å².